The summed E-state index contributed by atoms with van der Waals surface area (Å²) in [6, 6.07) is 0. The normalized spacial score (nSPS) is 13.2. The highest BCUT2D eigenvalue weighted by Crippen LogP contribution is 2.25. The molecule has 0 bridgehead atoms. The van der Waals surface area contributed by atoms with E-state index in [2.05, 4.69) is 4.72 Å². The summed E-state index contributed by atoms with van der Waals surface area (Å²) in [5.41, 5.74) is 5.35. The summed E-state index contributed by atoms with van der Waals surface area (Å²) in [5, 5.41) is 0. The minimum absolute atomic E-state index is 0.271. The molecule has 0 saturated heterocycles. The quantitative estimate of drug-likeness (QED) is 0.549. The lowest BCUT2D eigenvalue weighted by atomic mass is 9.93. The summed E-state index contributed by atoms with van der Waals surface area (Å²) in [4.78, 5) is 0. The molecule has 0 atom stereocenters. The van der Waals surface area contributed by atoms with Gasteiger partial charge in [0.1, 0.15) is 0 Å². The van der Waals surface area contributed by atoms with Crippen LogP contribution in [-0.2, 0) is 14.9 Å². The van der Waals surface area contributed by atoms with Gasteiger partial charge in [-0.15, -0.1) is 0 Å². The third kappa shape index (κ3) is 5.00. The van der Waals surface area contributed by atoms with Gasteiger partial charge in [-0.2, -0.15) is 17.4 Å². The Bertz CT molecular complexity index is 321. The van der Waals surface area contributed by atoms with Crippen LogP contribution in [0.2, 0.25) is 0 Å². The lowest BCUT2D eigenvalue weighted by molar-refractivity contribution is 0.172. The van der Waals surface area contributed by atoms with Crippen LogP contribution < -0.4 is 10.5 Å². The molecule has 0 aliphatic carbocycles. The summed E-state index contributed by atoms with van der Waals surface area (Å²) < 4.78 is 33.8. The number of ether oxygens (including phenoxy) is 1. The topological polar surface area (TPSA) is 84.7 Å². The molecule has 0 saturated carbocycles. The molecule has 0 fully saturated rings. The van der Waals surface area contributed by atoms with E-state index in [1.165, 1.54) is 4.31 Å². The summed E-state index contributed by atoms with van der Waals surface area (Å²) in [5.74, 6) is 0. The Morgan fingerprint density at radius 3 is 2.21 bits per heavy atom. The van der Waals surface area contributed by atoms with Gasteiger partial charge in [0, 0.05) is 32.3 Å². The van der Waals surface area contributed by atoms with Gasteiger partial charge in [-0.25, -0.2) is 0 Å². The number of rotatable bonds is 11. The Labute approximate surface area is 117 Å². The van der Waals surface area contributed by atoms with Crippen LogP contribution in [0.25, 0.3) is 0 Å². The molecule has 0 radical (unpaired) electrons. The highest BCUT2D eigenvalue weighted by Gasteiger charge is 2.39. The predicted molar refractivity (Wildman–Crippen MR) is 78.2 cm³/mol. The molecule has 3 N–H and O–H groups in total. The van der Waals surface area contributed by atoms with Crippen LogP contribution in [0.4, 0.5) is 0 Å². The Hall–Kier alpha value is -0.210. The third-order valence-corrected chi connectivity index (χ3v) is 5.25. The number of hydrogen-bond acceptors (Lipinski definition) is 4. The van der Waals surface area contributed by atoms with Gasteiger partial charge in [0.2, 0.25) is 0 Å². The van der Waals surface area contributed by atoms with Crippen molar-refractivity contribution in [3.05, 3.63) is 0 Å². The lowest BCUT2D eigenvalue weighted by Crippen LogP contribution is -2.58. The van der Waals surface area contributed by atoms with E-state index in [4.69, 9.17) is 10.5 Å². The van der Waals surface area contributed by atoms with E-state index in [9.17, 15) is 8.42 Å². The molecule has 0 aromatic carbocycles. The molecule has 19 heavy (non-hydrogen) atoms. The van der Waals surface area contributed by atoms with Gasteiger partial charge in [0.25, 0.3) is 10.2 Å². The number of nitrogens with two attached hydrogens (primary N) is 1. The van der Waals surface area contributed by atoms with Crippen molar-refractivity contribution in [1.29, 1.82) is 0 Å². The summed E-state index contributed by atoms with van der Waals surface area (Å²) in [6.07, 6.45) is 2.16. The first-order valence-corrected chi connectivity index (χ1v) is 8.34. The molecule has 0 heterocycles. The van der Waals surface area contributed by atoms with Crippen LogP contribution in [0.1, 0.15) is 40.0 Å². The molecule has 0 spiro atoms. The first-order valence-electron chi connectivity index (χ1n) is 6.90. The molecule has 6 nitrogen and oxygen atoms in total. The van der Waals surface area contributed by atoms with Crippen LogP contribution in [-0.4, -0.2) is 51.6 Å². The molecule has 0 aromatic rings. The molecule has 0 aliphatic heterocycles. The highest BCUT2D eigenvalue weighted by molar-refractivity contribution is 7.87. The zero-order valence-electron chi connectivity index (χ0n) is 12.6. The van der Waals surface area contributed by atoms with Crippen molar-refractivity contribution in [3.63, 3.8) is 0 Å². The van der Waals surface area contributed by atoms with Crippen LogP contribution in [0.5, 0.6) is 0 Å². The van der Waals surface area contributed by atoms with Crippen molar-refractivity contribution in [1.82, 2.24) is 9.03 Å². The fourth-order valence-corrected chi connectivity index (χ4v) is 3.92. The van der Waals surface area contributed by atoms with Crippen LogP contribution in [0.15, 0.2) is 0 Å². The minimum atomic E-state index is -3.53. The average molecular weight is 295 g/mol. The van der Waals surface area contributed by atoms with Gasteiger partial charge in [-0.1, -0.05) is 20.8 Å². The zero-order chi connectivity index (χ0) is 14.9. The summed E-state index contributed by atoms with van der Waals surface area (Å²) >= 11 is 0. The second-order valence-corrected chi connectivity index (χ2v) is 6.28. The Kier molecular flexibility index (Phi) is 8.76. The van der Waals surface area contributed by atoms with E-state index < -0.39 is 15.7 Å². The van der Waals surface area contributed by atoms with Crippen molar-refractivity contribution in [2.75, 3.05) is 33.4 Å². The zero-order valence-corrected chi connectivity index (χ0v) is 13.4. The van der Waals surface area contributed by atoms with E-state index in [1.54, 1.807) is 7.11 Å². The Morgan fingerprint density at radius 1 is 1.26 bits per heavy atom. The van der Waals surface area contributed by atoms with Gasteiger partial charge in [0.05, 0.1) is 6.61 Å². The van der Waals surface area contributed by atoms with E-state index in [0.717, 1.165) is 6.42 Å². The molecule has 0 rings (SSSR count). The first kappa shape index (κ1) is 18.8. The fraction of sp³-hybridized carbons (Fsp3) is 1.00. The van der Waals surface area contributed by atoms with Gasteiger partial charge in [-0.05, 0) is 19.3 Å². The van der Waals surface area contributed by atoms with E-state index >= 15 is 0 Å². The minimum Gasteiger partial charge on any atom is -0.383 e. The van der Waals surface area contributed by atoms with Crippen molar-refractivity contribution in [3.8, 4) is 0 Å². The van der Waals surface area contributed by atoms with Crippen LogP contribution in [0, 0.1) is 0 Å². The maximum absolute atomic E-state index is 12.4. The molecule has 7 heteroatoms. The number of nitrogens with one attached hydrogen (secondary N) is 1. The first-order chi connectivity index (χ1) is 8.94. The highest BCUT2D eigenvalue weighted by atomic mass is 32.2. The van der Waals surface area contributed by atoms with E-state index in [1.807, 2.05) is 20.8 Å². The average Bonchev–Trinajstić information content (AvgIpc) is 2.40. The maximum atomic E-state index is 12.4. The van der Waals surface area contributed by atoms with Crippen LogP contribution >= 0.6 is 0 Å². The Balaban J connectivity index is 5.16. The monoisotopic (exact) mass is 295 g/mol. The van der Waals surface area contributed by atoms with Crippen molar-refractivity contribution < 1.29 is 13.2 Å². The molecule has 116 valence electrons. The number of nitrogens with zero attached hydrogens (tertiary/aromatic N) is 1. The van der Waals surface area contributed by atoms with Gasteiger partial charge < -0.3 is 10.5 Å². The molecular weight excluding hydrogens is 266 g/mol. The smallest absolute Gasteiger partial charge is 0.280 e. The Morgan fingerprint density at radius 2 is 1.84 bits per heavy atom. The van der Waals surface area contributed by atoms with Crippen LogP contribution in [0.3, 0.4) is 0 Å². The van der Waals surface area contributed by atoms with Gasteiger partial charge >= 0.3 is 0 Å². The van der Waals surface area contributed by atoms with E-state index in [-0.39, 0.29) is 6.54 Å². The summed E-state index contributed by atoms with van der Waals surface area (Å²) in [6.45, 7) is 7.34. The number of methoxy groups -OCH3 is 1. The summed E-state index contributed by atoms with van der Waals surface area (Å²) in [7, 11) is -1.99. The fourth-order valence-electron chi connectivity index (χ4n) is 2.16. The largest absolute Gasteiger partial charge is 0.383 e. The molecule has 0 unspecified atom stereocenters. The third-order valence-electron chi connectivity index (χ3n) is 3.53. The van der Waals surface area contributed by atoms with Crippen molar-refractivity contribution in [2.24, 2.45) is 5.73 Å². The SMILES string of the molecule is CCCN(C(CC)(CC)CN)S(=O)(=O)NCCOC. The lowest BCUT2D eigenvalue weighted by Gasteiger charge is -2.41. The van der Waals surface area contributed by atoms with E-state index in [0.29, 0.717) is 32.5 Å². The number of hydrogen-bond donors (Lipinski definition) is 2. The van der Waals surface area contributed by atoms with Crippen molar-refractivity contribution in [2.45, 2.75) is 45.6 Å². The maximum Gasteiger partial charge on any atom is 0.280 e. The molecule has 0 aromatic heterocycles. The molecule has 0 amide bonds. The molecular formula is C12H29N3O3S. The second kappa shape index (κ2) is 8.86. The second-order valence-electron chi connectivity index (χ2n) is 4.60. The van der Waals surface area contributed by atoms with Gasteiger partial charge in [-0.3, -0.25) is 0 Å². The van der Waals surface area contributed by atoms with Gasteiger partial charge in [0.15, 0.2) is 0 Å². The predicted octanol–water partition coefficient (Wildman–Crippen LogP) is 0.697. The standard InChI is InChI=1S/C12H29N3O3S/c1-5-9-15(12(6-2,7-3)11-13)19(16,17)14-8-10-18-4/h14H,5-11,13H2,1-4H3. The van der Waals surface area contributed by atoms with Crippen molar-refractivity contribution >= 4 is 10.2 Å². The molecule has 0 aliphatic rings.